The summed E-state index contributed by atoms with van der Waals surface area (Å²) in [5.41, 5.74) is 4.49. The molecule has 1 amide bonds. The molecule has 98 valence electrons. The Bertz CT molecular complexity index is 766. The number of para-hydroxylation sites is 2. The van der Waals surface area contributed by atoms with Crippen LogP contribution in [-0.4, -0.2) is 22.1 Å². The van der Waals surface area contributed by atoms with E-state index >= 15 is 0 Å². The van der Waals surface area contributed by atoms with Crippen molar-refractivity contribution < 1.29 is 9.21 Å². The first-order chi connectivity index (χ1) is 9.83. The third-order valence-electron chi connectivity index (χ3n) is 2.58. The summed E-state index contributed by atoms with van der Waals surface area (Å²) in [7, 11) is 0. The molecule has 6 nitrogen and oxygen atoms in total. The number of hydrogen-bond acceptors (Lipinski definition) is 5. The van der Waals surface area contributed by atoms with E-state index < -0.39 is 5.91 Å². The summed E-state index contributed by atoms with van der Waals surface area (Å²) in [6, 6.07) is 10.7. The van der Waals surface area contributed by atoms with Crippen LogP contribution < -0.4 is 5.43 Å². The van der Waals surface area contributed by atoms with Crippen LogP contribution in [0.4, 0.5) is 0 Å². The van der Waals surface area contributed by atoms with Gasteiger partial charge in [0.15, 0.2) is 5.76 Å². The van der Waals surface area contributed by atoms with Crippen LogP contribution in [0.3, 0.4) is 0 Å². The maximum Gasteiger partial charge on any atom is 0.307 e. The predicted molar refractivity (Wildman–Crippen MR) is 73.3 cm³/mol. The average molecular weight is 266 g/mol. The van der Waals surface area contributed by atoms with Gasteiger partial charge in [-0.15, -0.1) is 0 Å². The highest BCUT2D eigenvalue weighted by atomic mass is 16.3. The van der Waals surface area contributed by atoms with Crippen LogP contribution in [0.1, 0.15) is 16.2 Å². The lowest BCUT2D eigenvalue weighted by Gasteiger charge is -1.97. The molecule has 0 bridgehead atoms. The summed E-state index contributed by atoms with van der Waals surface area (Å²) in [5, 5.41) is 3.82. The highest BCUT2D eigenvalue weighted by molar-refractivity contribution is 5.92. The zero-order valence-corrected chi connectivity index (χ0v) is 10.4. The predicted octanol–water partition coefficient (Wildman–Crippen LogP) is 1.99. The quantitative estimate of drug-likeness (QED) is 0.580. The third-order valence-corrected chi connectivity index (χ3v) is 2.58. The van der Waals surface area contributed by atoms with Gasteiger partial charge < -0.3 is 4.42 Å². The van der Waals surface area contributed by atoms with Gasteiger partial charge in [-0.05, 0) is 24.3 Å². The molecule has 0 aliphatic carbocycles. The molecule has 0 radical (unpaired) electrons. The zero-order valence-electron chi connectivity index (χ0n) is 10.4. The Labute approximate surface area is 114 Å². The molecular weight excluding hydrogens is 256 g/mol. The summed E-state index contributed by atoms with van der Waals surface area (Å²) in [6.07, 6.45) is 4.44. The van der Waals surface area contributed by atoms with Gasteiger partial charge in [-0.3, -0.25) is 9.78 Å². The summed E-state index contributed by atoms with van der Waals surface area (Å²) < 4.78 is 4.94. The second kappa shape index (κ2) is 5.31. The molecule has 0 aliphatic rings. The van der Waals surface area contributed by atoms with Gasteiger partial charge in [-0.1, -0.05) is 12.1 Å². The first-order valence-electron chi connectivity index (χ1n) is 5.91. The van der Waals surface area contributed by atoms with Crippen molar-refractivity contribution in [1.82, 2.24) is 15.4 Å². The second-order valence-corrected chi connectivity index (χ2v) is 3.96. The van der Waals surface area contributed by atoms with Gasteiger partial charge in [0.2, 0.25) is 0 Å². The SMILES string of the molecule is O=C(N/N=C\c1cnc2ccccc2n1)c1ccco1. The molecule has 3 rings (SSSR count). The molecular formula is C14H10N4O2. The van der Waals surface area contributed by atoms with Crippen molar-refractivity contribution in [3.63, 3.8) is 0 Å². The molecule has 20 heavy (non-hydrogen) atoms. The van der Waals surface area contributed by atoms with Gasteiger partial charge in [0.25, 0.3) is 0 Å². The minimum absolute atomic E-state index is 0.201. The summed E-state index contributed by atoms with van der Waals surface area (Å²) in [5.74, 6) is -0.216. The number of nitrogens with zero attached hydrogens (tertiary/aromatic N) is 3. The van der Waals surface area contributed by atoms with Crippen molar-refractivity contribution in [2.24, 2.45) is 5.10 Å². The van der Waals surface area contributed by atoms with Crippen LogP contribution in [0.5, 0.6) is 0 Å². The summed E-state index contributed by atoms with van der Waals surface area (Å²) >= 11 is 0. The fraction of sp³-hybridized carbons (Fsp3) is 0. The van der Waals surface area contributed by atoms with E-state index in [0.717, 1.165) is 11.0 Å². The third kappa shape index (κ3) is 2.54. The second-order valence-electron chi connectivity index (χ2n) is 3.96. The van der Waals surface area contributed by atoms with Gasteiger partial charge in [0, 0.05) is 0 Å². The van der Waals surface area contributed by atoms with Crippen molar-refractivity contribution in [2.45, 2.75) is 0 Å². The van der Waals surface area contributed by atoms with Gasteiger partial charge in [0.1, 0.15) is 5.69 Å². The number of amides is 1. The van der Waals surface area contributed by atoms with E-state index in [4.69, 9.17) is 4.42 Å². The largest absolute Gasteiger partial charge is 0.459 e. The van der Waals surface area contributed by atoms with Crippen LogP contribution in [0, 0.1) is 0 Å². The number of nitrogens with one attached hydrogen (secondary N) is 1. The van der Waals surface area contributed by atoms with E-state index in [-0.39, 0.29) is 5.76 Å². The Balaban J connectivity index is 1.72. The number of hydrogen-bond donors (Lipinski definition) is 1. The molecule has 3 aromatic rings. The highest BCUT2D eigenvalue weighted by Gasteiger charge is 2.05. The van der Waals surface area contributed by atoms with Crippen molar-refractivity contribution in [3.8, 4) is 0 Å². The molecule has 2 aromatic heterocycles. The van der Waals surface area contributed by atoms with E-state index in [1.165, 1.54) is 12.5 Å². The number of rotatable bonds is 3. The Hall–Kier alpha value is -3.02. The van der Waals surface area contributed by atoms with E-state index in [2.05, 4.69) is 20.5 Å². The standard InChI is InChI=1S/C14H10N4O2/c19-14(13-6-3-7-20-13)18-16-9-10-8-15-11-4-1-2-5-12(11)17-10/h1-9H,(H,18,19)/b16-9-. The van der Waals surface area contributed by atoms with Crippen LogP contribution in [0.15, 0.2) is 58.4 Å². The molecule has 0 atom stereocenters. The molecule has 0 aliphatic heterocycles. The van der Waals surface area contributed by atoms with Crippen LogP contribution in [-0.2, 0) is 0 Å². The topological polar surface area (TPSA) is 80.4 Å². The van der Waals surface area contributed by atoms with E-state index in [0.29, 0.717) is 5.69 Å². The summed E-state index contributed by atoms with van der Waals surface area (Å²) in [6.45, 7) is 0. The number of benzene rings is 1. The first-order valence-corrected chi connectivity index (χ1v) is 5.91. The normalized spacial score (nSPS) is 11.0. The molecule has 0 saturated heterocycles. The maximum absolute atomic E-state index is 11.6. The molecule has 6 heteroatoms. The van der Waals surface area contributed by atoms with E-state index in [9.17, 15) is 4.79 Å². The molecule has 0 spiro atoms. The highest BCUT2D eigenvalue weighted by Crippen LogP contribution is 2.07. The Morgan fingerprint density at radius 2 is 2.05 bits per heavy atom. The van der Waals surface area contributed by atoms with Crippen molar-refractivity contribution >= 4 is 23.2 Å². The number of carbonyl (C=O) groups excluding carboxylic acids is 1. The van der Waals surface area contributed by atoms with Crippen molar-refractivity contribution in [1.29, 1.82) is 0 Å². The van der Waals surface area contributed by atoms with Crippen LogP contribution in [0.2, 0.25) is 0 Å². The number of carbonyl (C=O) groups is 1. The van der Waals surface area contributed by atoms with Crippen molar-refractivity contribution in [2.75, 3.05) is 0 Å². The van der Waals surface area contributed by atoms with Crippen molar-refractivity contribution in [3.05, 3.63) is 60.3 Å². The molecule has 1 N–H and O–H groups in total. The first kappa shape index (κ1) is 12.0. The number of hydrazone groups is 1. The Kier molecular flexibility index (Phi) is 3.20. The monoisotopic (exact) mass is 266 g/mol. The molecule has 1 aromatic carbocycles. The molecule has 0 unspecified atom stereocenters. The smallest absolute Gasteiger partial charge is 0.307 e. The fourth-order valence-electron chi connectivity index (χ4n) is 1.65. The van der Waals surface area contributed by atoms with Crippen LogP contribution in [0.25, 0.3) is 11.0 Å². The van der Waals surface area contributed by atoms with E-state index in [1.54, 1.807) is 18.3 Å². The zero-order chi connectivity index (χ0) is 13.8. The van der Waals surface area contributed by atoms with Gasteiger partial charge in [-0.25, -0.2) is 10.4 Å². The van der Waals surface area contributed by atoms with Crippen LogP contribution >= 0.6 is 0 Å². The van der Waals surface area contributed by atoms with Gasteiger partial charge >= 0.3 is 5.91 Å². The number of fused-ring (bicyclic) bond motifs is 1. The number of furan rings is 1. The van der Waals surface area contributed by atoms with Gasteiger partial charge in [-0.2, -0.15) is 5.10 Å². The molecule has 2 heterocycles. The maximum atomic E-state index is 11.6. The minimum atomic E-state index is -0.417. The van der Waals surface area contributed by atoms with Gasteiger partial charge in [0.05, 0.1) is 29.7 Å². The lowest BCUT2D eigenvalue weighted by molar-refractivity contribution is 0.0927. The average Bonchev–Trinajstić information content (AvgIpc) is 3.01. The minimum Gasteiger partial charge on any atom is -0.459 e. The lowest BCUT2D eigenvalue weighted by atomic mass is 10.3. The summed E-state index contributed by atoms with van der Waals surface area (Å²) in [4.78, 5) is 20.1. The Morgan fingerprint density at radius 1 is 1.20 bits per heavy atom. The fourth-order valence-corrected chi connectivity index (χ4v) is 1.65. The number of aromatic nitrogens is 2. The Morgan fingerprint density at radius 3 is 2.85 bits per heavy atom. The molecule has 0 saturated carbocycles. The lowest BCUT2D eigenvalue weighted by Crippen LogP contribution is -2.16. The molecule has 0 fully saturated rings. The van der Waals surface area contributed by atoms with E-state index in [1.807, 2.05) is 24.3 Å².